The third kappa shape index (κ3) is 2.92. The van der Waals surface area contributed by atoms with Crippen molar-refractivity contribution in [2.45, 2.75) is 18.9 Å². The lowest BCUT2D eigenvalue weighted by molar-refractivity contribution is -0.145. The predicted octanol–water partition coefficient (Wildman–Crippen LogP) is 1.28. The van der Waals surface area contributed by atoms with Gasteiger partial charge in [-0.05, 0) is 37.1 Å². The molecule has 0 aliphatic carbocycles. The van der Waals surface area contributed by atoms with Crippen molar-refractivity contribution < 1.29 is 22.3 Å². The molecule has 1 atom stereocenters. The van der Waals surface area contributed by atoms with E-state index in [1.54, 1.807) is 13.0 Å². The second kappa shape index (κ2) is 5.05. The van der Waals surface area contributed by atoms with Crippen LogP contribution in [-0.4, -0.2) is 38.5 Å². The summed E-state index contributed by atoms with van der Waals surface area (Å²) < 4.78 is 41.4. The number of nitrogens with one attached hydrogen (secondary N) is 1. The fourth-order valence-corrected chi connectivity index (χ4v) is 4.33. The van der Waals surface area contributed by atoms with Crippen LogP contribution in [0.3, 0.4) is 0 Å². The van der Waals surface area contributed by atoms with Gasteiger partial charge in [0.1, 0.15) is 5.82 Å². The van der Waals surface area contributed by atoms with Gasteiger partial charge in [0.05, 0.1) is 18.6 Å². The van der Waals surface area contributed by atoms with Crippen LogP contribution in [0.1, 0.15) is 12.0 Å². The number of halogens is 1. The molecule has 0 aromatic heterocycles. The van der Waals surface area contributed by atoms with Gasteiger partial charge in [-0.2, -0.15) is 0 Å². The highest BCUT2D eigenvalue weighted by Crippen LogP contribution is 2.30. The molecular weight excluding hydrogens is 285 g/mol. The second-order valence-corrected chi connectivity index (χ2v) is 7.24. The van der Waals surface area contributed by atoms with Crippen LogP contribution < -0.4 is 5.32 Å². The summed E-state index contributed by atoms with van der Waals surface area (Å²) in [7, 11) is -2.10. The Morgan fingerprint density at radius 2 is 2.10 bits per heavy atom. The smallest absolute Gasteiger partial charge is 0.332 e. The van der Waals surface area contributed by atoms with Gasteiger partial charge in [0.2, 0.25) is 0 Å². The molecule has 1 unspecified atom stereocenters. The highest BCUT2D eigenvalue weighted by Gasteiger charge is 2.49. The first kappa shape index (κ1) is 14.8. The average Bonchev–Trinajstić information content (AvgIpc) is 2.63. The van der Waals surface area contributed by atoms with Gasteiger partial charge < -0.3 is 10.1 Å². The average molecular weight is 301 g/mol. The molecule has 1 aromatic rings. The number of sulfone groups is 1. The summed E-state index contributed by atoms with van der Waals surface area (Å²) in [5.41, 5.74) is -0.299. The van der Waals surface area contributed by atoms with Crippen LogP contribution in [0, 0.1) is 12.7 Å². The molecule has 5 nitrogen and oxygen atoms in total. The minimum atomic E-state index is -3.31. The fraction of sp³-hybridized carbons (Fsp3) is 0.462. The number of aryl methyl sites for hydroxylation is 1. The lowest BCUT2D eigenvalue weighted by Gasteiger charge is -2.27. The Hall–Kier alpha value is -1.63. The van der Waals surface area contributed by atoms with Crippen LogP contribution in [0.25, 0.3) is 0 Å². The molecule has 7 heteroatoms. The SMILES string of the molecule is COC(=O)C1(Nc2cc(C)cc(F)c2)CCS(=O)(=O)C1. The summed E-state index contributed by atoms with van der Waals surface area (Å²) >= 11 is 0. The first-order chi connectivity index (χ1) is 9.26. The monoisotopic (exact) mass is 301 g/mol. The molecular formula is C13H16FNO4S. The van der Waals surface area contributed by atoms with Crippen LogP contribution in [-0.2, 0) is 19.4 Å². The van der Waals surface area contributed by atoms with Crippen LogP contribution in [0.4, 0.5) is 10.1 Å². The van der Waals surface area contributed by atoms with Crippen LogP contribution in [0.2, 0.25) is 0 Å². The van der Waals surface area contributed by atoms with Gasteiger partial charge in [0, 0.05) is 5.69 Å². The largest absolute Gasteiger partial charge is 0.467 e. The molecule has 0 amide bonds. The van der Waals surface area contributed by atoms with Crippen LogP contribution >= 0.6 is 0 Å². The number of carbonyl (C=O) groups excluding carboxylic acids is 1. The van der Waals surface area contributed by atoms with Crippen molar-refractivity contribution in [2.24, 2.45) is 0 Å². The van der Waals surface area contributed by atoms with Gasteiger partial charge in [-0.25, -0.2) is 17.6 Å². The van der Waals surface area contributed by atoms with E-state index in [4.69, 9.17) is 4.74 Å². The minimum Gasteiger partial charge on any atom is -0.467 e. The number of carbonyl (C=O) groups is 1. The number of methoxy groups -OCH3 is 1. The van der Waals surface area contributed by atoms with Crippen molar-refractivity contribution in [3.8, 4) is 0 Å². The van der Waals surface area contributed by atoms with E-state index < -0.39 is 27.2 Å². The zero-order valence-electron chi connectivity index (χ0n) is 11.3. The minimum absolute atomic E-state index is 0.0939. The van der Waals surface area contributed by atoms with E-state index in [9.17, 15) is 17.6 Å². The van der Waals surface area contributed by atoms with E-state index in [1.165, 1.54) is 19.2 Å². The Morgan fingerprint density at radius 1 is 1.40 bits per heavy atom. The first-order valence-corrected chi connectivity index (χ1v) is 7.93. The van der Waals surface area contributed by atoms with E-state index >= 15 is 0 Å². The normalized spacial score (nSPS) is 24.4. The highest BCUT2D eigenvalue weighted by atomic mass is 32.2. The Labute approximate surface area is 117 Å². The van der Waals surface area contributed by atoms with E-state index in [1.807, 2.05) is 0 Å². The molecule has 1 heterocycles. The lowest BCUT2D eigenvalue weighted by atomic mass is 9.98. The third-order valence-electron chi connectivity index (χ3n) is 3.31. The van der Waals surface area contributed by atoms with Gasteiger partial charge in [0.25, 0.3) is 0 Å². The summed E-state index contributed by atoms with van der Waals surface area (Å²) in [6.07, 6.45) is 0.109. The number of esters is 1. The Morgan fingerprint density at radius 3 is 2.60 bits per heavy atom. The molecule has 1 aliphatic rings. The number of benzene rings is 1. The molecule has 0 radical (unpaired) electrons. The van der Waals surface area contributed by atoms with Crippen molar-refractivity contribution in [1.29, 1.82) is 0 Å². The zero-order chi connectivity index (χ0) is 15.0. The molecule has 1 saturated heterocycles. The summed E-state index contributed by atoms with van der Waals surface area (Å²) in [5.74, 6) is -1.54. The molecule has 0 saturated carbocycles. The van der Waals surface area contributed by atoms with Crippen molar-refractivity contribution in [1.82, 2.24) is 0 Å². The second-order valence-electron chi connectivity index (χ2n) is 5.06. The van der Waals surface area contributed by atoms with Crippen molar-refractivity contribution >= 4 is 21.5 Å². The quantitative estimate of drug-likeness (QED) is 0.851. The molecule has 110 valence electrons. The molecule has 0 bridgehead atoms. The standard InChI is InChI=1S/C13H16FNO4S/c1-9-5-10(14)7-11(6-9)15-13(12(16)19-2)3-4-20(17,18)8-13/h5-7,15H,3-4,8H2,1-2H3. The molecule has 0 spiro atoms. The van der Waals surface area contributed by atoms with Gasteiger partial charge in [-0.15, -0.1) is 0 Å². The Kier molecular flexibility index (Phi) is 3.73. The van der Waals surface area contributed by atoms with E-state index in [0.29, 0.717) is 11.3 Å². The maximum atomic E-state index is 13.4. The number of hydrogen-bond donors (Lipinski definition) is 1. The Balaban J connectivity index is 2.37. The topological polar surface area (TPSA) is 72.5 Å². The Bertz CT molecular complexity index is 624. The van der Waals surface area contributed by atoms with E-state index in [-0.39, 0.29) is 17.9 Å². The number of ether oxygens (including phenoxy) is 1. The lowest BCUT2D eigenvalue weighted by Crippen LogP contribution is -2.48. The molecule has 1 N–H and O–H groups in total. The predicted molar refractivity (Wildman–Crippen MR) is 72.8 cm³/mol. The molecule has 2 rings (SSSR count). The van der Waals surface area contributed by atoms with Gasteiger partial charge in [-0.3, -0.25) is 0 Å². The molecule has 1 fully saturated rings. The van der Waals surface area contributed by atoms with Gasteiger partial charge in [0.15, 0.2) is 15.4 Å². The molecule has 1 aromatic carbocycles. The van der Waals surface area contributed by atoms with Crippen molar-refractivity contribution in [3.05, 3.63) is 29.6 Å². The van der Waals surface area contributed by atoms with Gasteiger partial charge in [-0.1, -0.05) is 0 Å². The maximum Gasteiger partial charge on any atom is 0.332 e. The number of anilines is 1. The van der Waals surface area contributed by atoms with Crippen LogP contribution in [0.5, 0.6) is 0 Å². The van der Waals surface area contributed by atoms with Crippen molar-refractivity contribution in [3.63, 3.8) is 0 Å². The van der Waals surface area contributed by atoms with E-state index in [0.717, 1.165) is 0 Å². The number of hydrogen-bond acceptors (Lipinski definition) is 5. The summed E-state index contributed by atoms with van der Waals surface area (Å²) in [6.45, 7) is 1.71. The third-order valence-corrected chi connectivity index (χ3v) is 5.07. The number of rotatable bonds is 3. The summed E-state index contributed by atoms with van der Waals surface area (Å²) in [4.78, 5) is 12.0. The fourth-order valence-electron chi connectivity index (χ4n) is 2.44. The molecule has 1 aliphatic heterocycles. The highest BCUT2D eigenvalue weighted by molar-refractivity contribution is 7.91. The summed E-state index contributed by atoms with van der Waals surface area (Å²) in [6, 6.07) is 4.22. The van der Waals surface area contributed by atoms with E-state index in [2.05, 4.69) is 5.32 Å². The summed E-state index contributed by atoms with van der Waals surface area (Å²) in [5, 5.41) is 2.85. The molecule has 20 heavy (non-hydrogen) atoms. The maximum absolute atomic E-state index is 13.4. The van der Waals surface area contributed by atoms with Crippen LogP contribution in [0.15, 0.2) is 18.2 Å². The first-order valence-electron chi connectivity index (χ1n) is 6.11. The zero-order valence-corrected chi connectivity index (χ0v) is 12.1. The van der Waals surface area contributed by atoms with Crippen molar-refractivity contribution in [2.75, 3.05) is 23.9 Å². The van der Waals surface area contributed by atoms with Gasteiger partial charge >= 0.3 is 5.97 Å².